The third kappa shape index (κ3) is 5.82. The van der Waals surface area contributed by atoms with Crippen LogP contribution in [0.25, 0.3) is 0 Å². The average Bonchev–Trinajstić information content (AvgIpc) is 3.54. The van der Waals surface area contributed by atoms with Crippen LogP contribution in [0.15, 0.2) is 55.4 Å². The van der Waals surface area contributed by atoms with Crippen LogP contribution in [0.1, 0.15) is 71.5 Å². The maximum absolute atomic E-state index is 14.3. The van der Waals surface area contributed by atoms with Crippen molar-refractivity contribution in [1.82, 2.24) is 25.0 Å². The third-order valence-electron chi connectivity index (χ3n) is 8.52. The van der Waals surface area contributed by atoms with E-state index in [1.807, 2.05) is 36.7 Å². The smallest absolute Gasteiger partial charge is 0.338 e. The summed E-state index contributed by atoms with van der Waals surface area (Å²) in [6.45, 7) is 8.96. The topological polar surface area (TPSA) is 83.4 Å². The number of aromatic nitrogens is 3. The van der Waals surface area contributed by atoms with Crippen molar-refractivity contribution in [2.45, 2.75) is 57.8 Å². The molecule has 1 N–H and O–H groups in total. The first-order valence-electron chi connectivity index (χ1n) is 14.6. The molecule has 1 fully saturated rings. The van der Waals surface area contributed by atoms with Gasteiger partial charge in [0.05, 0.1) is 17.5 Å². The van der Waals surface area contributed by atoms with Crippen LogP contribution in [0.2, 0.25) is 0 Å². The van der Waals surface area contributed by atoms with Gasteiger partial charge < -0.3 is 19.7 Å². The Bertz CT molecular complexity index is 1530. The number of halogens is 3. The largest absolute Gasteiger partial charge is 0.416 e. The zero-order valence-corrected chi connectivity index (χ0v) is 24.7. The minimum Gasteiger partial charge on any atom is -0.338 e. The second-order valence-corrected chi connectivity index (χ2v) is 11.7. The molecule has 2 aromatic carbocycles. The quantitative estimate of drug-likeness (QED) is 0.243. The molecule has 0 unspecified atom stereocenters. The summed E-state index contributed by atoms with van der Waals surface area (Å²) in [5.74, 6) is 0.670. The highest BCUT2D eigenvalue weighted by molar-refractivity contribution is 6.10. The van der Waals surface area contributed by atoms with Crippen LogP contribution >= 0.6 is 0 Å². The summed E-state index contributed by atoms with van der Waals surface area (Å²) < 4.78 is 44.7. The summed E-state index contributed by atoms with van der Waals surface area (Å²) in [7, 11) is 1.90. The lowest BCUT2D eigenvalue weighted by Gasteiger charge is -2.46. The molecular weight excluding hydrogens is 557 g/mol. The molecule has 2 amide bonds. The van der Waals surface area contributed by atoms with Gasteiger partial charge in [0, 0.05) is 44.5 Å². The number of fused-ring (bicyclic) bond motifs is 1. The van der Waals surface area contributed by atoms with Gasteiger partial charge in [-0.25, -0.2) is 0 Å². The number of carbonyl (C=O) groups is 2. The van der Waals surface area contributed by atoms with E-state index in [0.717, 1.165) is 36.7 Å². The molecule has 11 heteroatoms. The van der Waals surface area contributed by atoms with Crippen molar-refractivity contribution >= 4 is 17.5 Å². The van der Waals surface area contributed by atoms with E-state index in [2.05, 4.69) is 29.0 Å². The average molecular weight is 595 g/mol. The number of hydrogen-bond acceptors (Lipinski definition) is 5. The van der Waals surface area contributed by atoms with Crippen molar-refractivity contribution in [2.75, 3.05) is 24.5 Å². The predicted molar refractivity (Wildman–Crippen MR) is 157 cm³/mol. The summed E-state index contributed by atoms with van der Waals surface area (Å²) in [5.41, 5.74) is 0.758. The fraction of sp³-hybridized carbons (Fsp3) is 0.438. The van der Waals surface area contributed by atoms with Gasteiger partial charge in [0.25, 0.3) is 5.91 Å². The van der Waals surface area contributed by atoms with Crippen LogP contribution in [0.4, 0.5) is 18.9 Å². The van der Waals surface area contributed by atoms with Crippen molar-refractivity contribution in [3.05, 3.63) is 89.0 Å². The molecule has 0 saturated heterocycles. The maximum atomic E-state index is 14.3. The molecule has 3 aromatic rings. The molecule has 0 spiro atoms. The number of carbonyl (C=O) groups excluding carboxylic acids is 2. The van der Waals surface area contributed by atoms with Gasteiger partial charge >= 0.3 is 6.18 Å². The molecule has 0 bridgehead atoms. The van der Waals surface area contributed by atoms with Crippen LogP contribution in [-0.2, 0) is 36.5 Å². The van der Waals surface area contributed by atoms with Crippen molar-refractivity contribution in [3.8, 4) is 0 Å². The molecule has 5 rings (SSSR count). The molecule has 0 radical (unpaired) electrons. The van der Waals surface area contributed by atoms with E-state index in [0.29, 0.717) is 36.8 Å². The maximum Gasteiger partial charge on any atom is 0.416 e. The molecule has 1 aliphatic carbocycles. The monoisotopic (exact) mass is 594 g/mol. The molecule has 1 saturated carbocycles. The predicted octanol–water partition coefficient (Wildman–Crippen LogP) is 5.22. The van der Waals surface area contributed by atoms with E-state index in [4.69, 9.17) is 0 Å². The zero-order valence-electron chi connectivity index (χ0n) is 24.7. The van der Waals surface area contributed by atoms with Gasteiger partial charge in [-0.2, -0.15) is 13.2 Å². The third-order valence-corrected chi connectivity index (χ3v) is 8.52. The number of nitrogens with zero attached hydrogens (tertiary/aromatic N) is 5. The minimum absolute atomic E-state index is 0.0161. The highest BCUT2D eigenvalue weighted by atomic mass is 19.4. The van der Waals surface area contributed by atoms with Gasteiger partial charge in [-0.15, -0.1) is 10.2 Å². The molecule has 0 atom stereocenters. The van der Waals surface area contributed by atoms with Gasteiger partial charge in [0.2, 0.25) is 5.91 Å². The zero-order chi connectivity index (χ0) is 30.9. The highest BCUT2D eigenvalue weighted by Crippen LogP contribution is 2.52. The van der Waals surface area contributed by atoms with E-state index in [9.17, 15) is 22.8 Å². The Labute approximate surface area is 249 Å². The Kier molecular flexibility index (Phi) is 8.47. The summed E-state index contributed by atoms with van der Waals surface area (Å²) in [5, 5.41) is 11.6. The van der Waals surface area contributed by atoms with E-state index in [-0.39, 0.29) is 35.5 Å². The Balaban J connectivity index is 1.39. The fourth-order valence-electron chi connectivity index (χ4n) is 6.57. The molecule has 1 aromatic heterocycles. The van der Waals surface area contributed by atoms with Crippen molar-refractivity contribution in [1.29, 1.82) is 0 Å². The molecule has 228 valence electrons. The van der Waals surface area contributed by atoms with E-state index in [1.54, 1.807) is 23.4 Å². The standard InChI is InChI=1S/C32H37F3N6O2/c1-5-11-40(28(42)6-2)12-10-36-18-22-13-25-26(27(14-22)32(33,34)35)19-41(29(25)43)24-9-7-8-23(15-24)31(16-21(3)17-31)30-38-37-20-39(30)4/h6-9,13-15,20-21,36H,2,5,10-12,16-19H2,1,3-4H3. The Morgan fingerprint density at radius 2 is 2.00 bits per heavy atom. The Hall–Kier alpha value is -3.99. The Morgan fingerprint density at radius 1 is 1.23 bits per heavy atom. The van der Waals surface area contributed by atoms with E-state index < -0.39 is 17.6 Å². The second-order valence-electron chi connectivity index (χ2n) is 11.7. The van der Waals surface area contributed by atoms with Gasteiger partial charge in [-0.1, -0.05) is 32.6 Å². The lowest BCUT2D eigenvalue weighted by Crippen LogP contribution is -2.43. The molecule has 2 aliphatic rings. The number of aryl methyl sites for hydroxylation is 1. The number of hydrogen-bond donors (Lipinski definition) is 1. The molecular formula is C32H37F3N6O2. The fourth-order valence-corrected chi connectivity index (χ4v) is 6.57. The van der Waals surface area contributed by atoms with Crippen molar-refractivity contribution < 1.29 is 22.8 Å². The normalized spacial score (nSPS) is 19.7. The first-order chi connectivity index (χ1) is 20.5. The Morgan fingerprint density at radius 3 is 2.63 bits per heavy atom. The number of benzene rings is 2. The molecule has 8 nitrogen and oxygen atoms in total. The summed E-state index contributed by atoms with van der Waals surface area (Å²) in [6.07, 6.45) is 0.803. The minimum atomic E-state index is -4.62. The molecule has 1 aliphatic heterocycles. The van der Waals surface area contributed by atoms with E-state index in [1.165, 1.54) is 11.0 Å². The van der Waals surface area contributed by atoms with Crippen LogP contribution in [0, 0.1) is 5.92 Å². The van der Waals surface area contributed by atoms with Crippen molar-refractivity contribution in [2.24, 2.45) is 13.0 Å². The van der Waals surface area contributed by atoms with Crippen molar-refractivity contribution in [3.63, 3.8) is 0 Å². The first kappa shape index (κ1) is 30.5. The highest BCUT2D eigenvalue weighted by Gasteiger charge is 2.48. The molecule has 2 heterocycles. The van der Waals surface area contributed by atoms with Crippen LogP contribution in [0.5, 0.6) is 0 Å². The first-order valence-corrected chi connectivity index (χ1v) is 14.6. The van der Waals surface area contributed by atoms with E-state index >= 15 is 0 Å². The van der Waals surface area contributed by atoms with Crippen LogP contribution in [0.3, 0.4) is 0 Å². The number of amides is 2. The second kappa shape index (κ2) is 11.9. The molecule has 43 heavy (non-hydrogen) atoms. The lowest BCUT2D eigenvalue weighted by atomic mass is 9.58. The summed E-state index contributed by atoms with van der Waals surface area (Å²) >= 11 is 0. The number of anilines is 1. The number of rotatable bonds is 11. The summed E-state index contributed by atoms with van der Waals surface area (Å²) in [4.78, 5) is 28.8. The number of nitrogens with one attached hydrogen (secondary N) is 1. The lowest BCUT2D eigenvalue weighted by molar-refractivity contribution is -0.138. The SMILES string of the molecule is C=CC(=O)N(CCC)CCNCc1cc2c(c(C(F)(F)F)c1)CN(c1cccc(C3(c4nncn4C)CC(C)C3)c1)C2=O. The van der Waals surface area contributed by atoms with Gasteiger partial charge in [0.15, 0.2) is 0 Å². The van der Waals surface area contributed by atoms with Gasteiger partial charge in [-0.05, 0) is 72.2 Å². The van der Waals surface area contributed by atoms with Crippen LogP contribution in [-0.4, -0.2) is 51.1 Å². The van der Waals surface area contributed by atoms with Gasteiger partial charge in [-0.3, -0.25) is 9.59 Å². The van der Waals surface area contributed by atoms with Gasteiger partial charge in [0.1, 0.15) is 12.2 Å². The summed E-state index contributed by atoms with van der Waals surface area (Å²) in [6, 6.07) is 10.2. The van der Waals surface area contributed by atoms with Crippen LogP contribution < -0.4 is 10.2 Å². The number of alkyl halides is 3.